The maximum absolute atomic E-state index is 13.9. The van der Waals surface area contributed by atoms with Gasteiger partial charge in [0.05, 0.1) is 10.8 Å². The van der Waals surface area contributed by atoms with Crippen LogP contribution in [-0.4, -0.2) is 53.0 Å². The van der Waals surface area contributed by atoms with E-state index in [4.69, 9.17) is 16.3 Å². The van der Waals surface area contributed by atoms with E-state index < -0.39 is 27.9 Å². The van der Waals surface area contributed by atoms with E-state index in [9.17, 15) is 18.0 Å². The lowest BCUT2D eigenvalue weighted by Gasteiger charge is -2.20. The molecule has 1 atom stereocenters. The molecule has 1 aliphatic carbocycles. The average Bonchev–Trinajstić information content (AvgIpc) is 3.01. The molecule has 0 bridgehead atoms. The summed E-state index contributed by atoms with van der Waals surface area (Å²) in [6, 6.07) is -0.338. The number of ether oxygens (including phenoxy) is 1. The highest BCUT2D eigenvalue weighted by molar-refractivity contribution is 6.30. The summed E-state index contributed by atoms with van der Waals surface area (Å²) in [5.41, 5.74) is -2.36. The molecule has 6 nitrogen and oxygen atoms in total. The first-order chi connectivity index (χ1) is 11.2. The van der Waals surface area contributed by atoms with Crippen LogP contribution in [0.4, 0.5) is 13.2 Å². The van der Waals surface area contributed by atoms with E-state index in [1.165, 1.54) is 0 Å². The van der Waals surface area contributed by atoms with E-state index in [0.717, 1.165) is 6.20 Å². The summed E-state index contributed by atoms with van der Waals surface area (Å²) in [7, 11) is 3.35. The number of pyridine rings is 1. The number of aromatic nitrogens is 3. The molecule has 24 heavy (non-hydrogen) atoms. The Bertz CT molecular complexity index is 858. The number of fused-ring (bicyclic) bond motifs is 1. The lowest BCUT2D eigenvalue weighted by Crippen LogP contribution is -2.32. The minimum atomic E-state index is -2.85. The van der Waals surface area contributed by atoms with Crippen LogP contribution in [0.3, 0.4) is 0 Å². The Hall–Kier alpha value is -1.87. The summed E-state index contributed by atoms with van der Waals surface area (Å²) < 4.78 is 46.6. The molecular weight excluding hydrogens is 349 g/mol. The molecule has 2 aromatic rings. The molecule has 0 amide bonds. The Morgan fingerprint density at radius 3 is 2.71 bits per heavy atom. The molecule has 2 heterocycles. The Balaban J connectivity index is 1.88. The van der Waals surface area contributed by atoms with Crippen molar-refractivity contribution in [2.24, 2.45) is 5.41 Å². The quantitative estimate of drug-likeness (QED) is 0.825. The minimum Gasteiger partial charge on any atom is -0.464 e. The van der Waals surface area contributed by atoms with E-state index >= 15 is 0 Å². The van der Waals surface area contributed by atoms with Crippen molar-refractivity contribution in [2.75, 3.05) is 27.2 Å². The Labute approximate surface area is 139 Å². The van der Waals surface area contributed by atoms with Crippen LogP contribution in [0, 0.1) is 11.2 Å². The molecule has 0 spiro atoms. The molecular formula is C14H14ClF3N4O2. The second kappa shape index (κ2) is 5.59. The number of nitrogens with zero attached hydrogens (tertiary/aromatic N) is 3. The lowest BCUT2D eigenvalue weighted by atomic mass is 10.1. The predicted octanol–water partition coefficient (Wildman–Crippen LogP) is 2.08. The number of halogens is 4. The minimum absolute atomic E-state index is 0.107. The van der Waals surface area contributed by atoms with Crippen LogP contribution in [-0.2, 0) is 0 Å². The third kappa shape index (κ3) is 2.82. The monoisotopic (exact) mass is 362 g/mol. The lowest BCUT2D eigenvalue weighted by molar-refractivity contribution is 0.0288. The van der Waals surface area contributed by atoms with Crippen molar-refractivity contribution in [3.05, 3.63) is 27.5 Å². The number of H-pyrrole nitrogens is 1. The average molecular weight is 363 g/mol. The van der Waals surface area contributed by atoms with E-state index in [-0.39, 0.29) is 36.5 Å². The van der Waals surface area contributed by atoms with Crippen LogP contribution in [0.1, 0.15) is 6.42 Å². The molecule has 0 aliphatic heterocycles. The van der Waals surface area contributed by atoms with Gasteiger partial charge >= 0.3 is 0 Å². The van der Waals surface area contributed by atoms with Gasteiger partial charge in [0.2, 0.25) is 0 Å². The molecule has 1 unspecified atom stereocenters. The zero-order valence-corrected chi connectivity index (χ0v) is 13.6. The smallest absolute Gasteiger partial charge is 0.297 e. The SMILES string of the molecule is CN(C)CC1(COc2nc3c(F)c(Cl)ncc3c(=O)[nH]2)CC1(F)F. The van der Waals surface area contributed by atoms with Gasteiger partial charge in [-0.25, -0.2) is 18.2 Å². The normalized spacial score (nSPS) is 22.1. The fraction of sp³-hybridized carbons (Fsp3) is 0.500. The Morgan fingerprint density at radius 2 is 2.12 bits per heavy atom. The van der Waals surface area contributed by atoms with Crippen molar-refractivity contribution in [1.29, 1.82) is 0 Å². The van der Waals surface area contributed by atoms with Crippen LogP contribution < -0.4 is 10.3 Å². The molecule has 130 valence electrons. The van der Waals surface area contributed by atoms with Crippen LogP contribution in [0.25, 0.3) is 10.9 Å². The van der Waals surface area contributed by atoms with Gasteiger partial charge in [-0.05, 0) is 14.1 Å². The maximum Gasteiger partial charge on any atom is 0.297 e. The second-order valence-electron chi connectivity index (χ2n) is 6.18. The number of aromatic amines is 1. The molecule has 0 radical (unpaired) electrons. The van der Waals surface area contributed by atoms with E-state index in [1.807, 2.05) is 0 Å². The highest BCUT2D eigenvalue weighted by atomic mass is 35.5. The highest BCUT2D eigenvalue weighted by Gasteiger charge is 2.71. The summed E-state index contributed by atoms with van der Waals surface area (Å²) in [4.78, 5) is 23.2. The van der Waals surface area contributed by atoms with Crippen molar-refractivity contribution in [3.8, 4) is 6.01 Å². The summed E-state index contributed by atoms with van der Waals surface area (Å²) >= 11 is 5.56. The van der Waals surface area contributed by atoms with Crippen LogP contribution in [0.2, 0.25) is 5.15 Å². The number of alkyl halides is 2. The molecule has 0 saturated heterocycles. The third-order valence-corrected chi connectivity index (χ3v) is 4.21. The fourth-order valence-electron chi connectivity index (χ4n) is 2.66. The zero-order chi connectivity index (χ0) is 17.7. The van der Waals surface area contributed by atoms with Crippen molar-refractivity contribution in [3.63, 3.8) is 0 Å². The van der Waals surface area contributed by atoms with E-state index in [2.05, 4.69) is 15.0 Å². The third-order valence-electron chi connectivity index (χ3n) is 3.94. The van der Waals surface area contributed by atoms with Gasteiger partial charge in [0.1, 0.15) is 12.1 Å². The molecule has 1 aliphatic rings. The van der Waals surface area contributed by atoms with Gasteiger partial charge in [0.25, 0.3) is 17.5 Å². The first kappa shape index (κ1) is 17.0. The molecule has 3 rings (SSSR count). The van der Waals surface area contributed by atoms with Gasteiger partial charge in [-0.2, -0.15) is 4.98 Å². The number of nitrogens with one attached hydrogen (secondary N) is 1. The molecule has 0 aromatic carbocycles. The molecule has 1 fully saturated rings. The molecule has 1 N–H and O–H groups in total. The summed E-state index contributed by atoms with van der Waals surface area (Å²) in [5.74, 6) is -3.82. The van der Waals surface area contributed by atoms with Gasteiger partial charge < -0.3 is 9.64 Å². The topological polar surface area (TPSA) is 71.1 Å². The first-order valence-corrected chi connectivity index (χ1v) is 7.42. The van der Waals surface area contributed by atoms with Crippen molar-refractivity contribution in [2.45, 2.75) is 12.3 Å². The van der Waals surface area contributed by atoms with Gasteiger partial charge in [0.15, 0.2) is 11.0 Å². The molecule has 2 aromatic heterocycles. The van der Waals surface area contributed by atoms with Crippen molar-refractivity contribution in [1.82, 2.24) is 19.9 Å². The van der Waals surface area contributed by atoms with Crippen molar-refractivity contribution >= 4 is 22.5 Å². The number of rotatable bonds is 5. The summed E-state index contributed by atoms with van der Waals surface area (Å²) in [6.07, 6.45) is 0.763. The summed E-state index contributed by atoms with van der Waals surface area (Å²) in [6.45, 7) is -0.241. The largest absolute Gasteiger partial charge is 0.464 e. The number of hydrogen-bond acceptors (Lipinski definition) is 5. The molecule has 10 heteroatoms. The van der Waals surface area contributed by atoms with Crippen LogP contribution in [0.5, 0.6) is 6.01 Å². The van der Waals surface area contributed by atoms with E-state index in [1.54, 1.807) is 19.0 Å². The second-order valence-corrected chi connectivity index (χ2v) is 6.54. The van der Waals surface area contributed by atoms with Crippen molar-refractivity contribution < 1.29 is 17.9 Å². The van der Waals surface area contributed by atoms with Gasteiger partial charge in [-0.3, -0.25) is 9.78 Å². The summed E-state index contributed by atoms with van der Waals surface area (Å²) in [5, 5.41) is -0.548. The van der Waals surface area contributed by atoms with E-state index in [0.29, 0.717) is 0 Å². The van der Waals surface area contributed by atoms with Gasteiger partial charge in [-0.1, -0.05) is 11.6 Å². The highest BCUT2D eigenvalue weighted by Crippen LogP contribution is 2.60. The van der Waals surface area contributed by atoms with Crippen LogP contribution >= 0.6 is 11.6 Å². The van der Waals surface area contributed by atoms with Gasteiger partial charge in [0, 0.05) is 19.2 Å². The maximum atomic E-state index is 13.9. The Morgan fingerprint density at radius 1 is 1.46 bits per heavy atom. The predicted molar refractivity (Wildman–Crippen MR) is 81.2 cm³/mol. The van der Waals surface area contributed by atoms with Gasteiger partial charge in [-0.15, -0.1) is 0 Å². The fourth-order valence-corrected chi connectivity index (χ4v) is 2.80. The first-order valence-electron chi connectivity index (χ1n) is 7.05. The molecule has 1 saturated carbocycles. The number of hydrogen-bond donors (Lipinski definition) is 1. The zero-order valence-electron chi connectivity index (χ0n) is 12.9. The standard InChI is InChI=1S/C14H14ClF3N4O2/c1-22(2)5-13(4-14(13,17)18)6-24-12-20-9-7(11(23)21-12)3-19-10(15)8(9)16/h3H,4-6H2,1-2H3,(H,20,21,23). The van der Waals surface area contributed by atoms with Crippen LogP contribution in [0.15, 0.2) is 11.0 Å². The Kier molecular flexibility index (Phi) is 3.95.